The van der Waals surface area contributed by atoms with Crippen molar-refractivity contribution < 1.29 is 14.4 Å². The highest BCUT2D eigenvalue weighted by molar-refractivity contribution is 9.10. The molecule has 5 heteroatoms. The molecular weight excluding hydrogens is 286 g/mol. The number of carbonyl (C=O) groups excluding carboxylic acids is 1. The molecule has 17 heavy (non-hydrogen) atoms. The normalized spacial score (nSPS) is 19.3. The summed E-state index contributed by atoms with van der Waals surface area (Å²) in [5.74, 6) is -0.174. The number of rotatable bonds is 3. The Kier molecular flexibility index (Phi) is 4.15. The van der Waals surface area contributed by atoms with Crippen molar-refractivity contribution in [3.8, 4) is 0 Å². The summed E-state index contributed by atoms with van der Waals surface area (Å²) in [6, 6.07) is 7.17. The third-order valence-electron chi connectivity index (χ3n) is 2.66. The molecule has 1 amide bonds. The van der Waals surface area contributed by atoms with Gasteiger partial charge in [-0.2, -0.15) is 5.06 Å². The maximum Gasteiger partial charge on any atom is 0.279 e. The Bertz CT molecular complexity index is 387. The summed E-state index contributed by atoms with van der Waals surface area (Å²) in [6.45, 7) is 0.679. The quantitative estimate of drug-likeness (QED) is 0.805. The first-order chi connectivity index (χ1) is 8.22. The number of ether oxygens (including phenoxy) is 1. The smallest absolute Gasteiger partial charge is 0.279 e. The van der Waals surface area contributed by atoms with Crippen LogP contribution in [0.3, 0.4) is 0 Å². The van der Waals surface area contributed by atoms with Gasteiger partial charge in [-0.25, -0.2) is 0 Å². The number of benzene rings is 1. The molecule has 0 bridgehead atoms. The van der Waals surface area contributed by atoms with Crippen LogP contribution in [-0.4, -0.2) is 30.9 Å². The molecule has 1 fully saturated rings. The molecule has 0 unspecified atom stereocenters. The van der Waals surface area contributed by atoms with E-state index in [-0.39, 0.29) is 12.1 Å². The Labute approximate surface area is 109 Å². The molecule has 0 aromatic heterocycles. The zero-order chi connectivity index (χ0) is 12.3. The number of halogens is 1. The molecule has 1 aromatic rings. The van der Waals surface area contributed by atoms with Crippen molar-refractivity contribution >= 4 is 21.8 Å². The SMILES string of the molecule is CON(C(=O)c1ccc(Br)cc1)[C@@H]1CCCO1. The van der Waals surface area contributed by atoms with Gasteiger partial charge in [0.1, 0.15) is 0 Å². The van der Waals surface area contributed by atoms with Crippen LogP contribution in [0.15, 0.2) is 28.7 Å². The highest BCUT2D eigenvalue weighted by Gasteiger charge is 2.28. The fraction of sp³-hybridized carbons (Fsp3) is 0.417. The summed E-state index contributed by atoms with van der Waals surface area (Å²) in [5.41, 5.74) is 0.588. The first-order valence-corrected chi connectivity index (χ1v) is 6.26. The summed E-state index contributed by atoms with van der Waals surface area (Å²) in [6.07, 6.45) is 1.50. The van der Waals surface area contributed by atoms with Crippen molar-refractivity contribution in [2.75, 3.05) is 13.7 Å². The molecule has 1 atom stereocenters. The molecule has 0 N–H and O–H groups in total. The second-order valence-electron chi connectivity index (χ2n) is 3.79. The van der Waals surface area contributed by atoms with Gasteiger partial charge in [0.25, 0.3) is 5.91 Å². The number of hydroxylamine groups is 2. The molecule has 1 aliphatic heterocycles. The predicted molar refractivity (Wildman–Crippen MR) is 66.3 cm³/mol. The Morgan fingerprint density at radius 3 is 2.71 bits per heavy atom. The van der Waals surface area contributed by atoms with Crippen LogP contribution in [-0.2, 0) is 9.57 Å². The summed E-state index contributed by atoms with van der Waals surface area (Å²) < 4.78 is 6.38. The summed E-state index contributed by atoms with van der Waals surface area (Å²) >= 11 is 3.33. The Morgan fingerprint density at radius 1 is 1.47 bits per heavy atom. The van der Waals surface area contributed by atoms with Crippen molar-refractivity contribution in [3.63, 3.8) is 0 Å². The van der Waals surface area contributed by atoms with E-state index in [0.29, 0.717) is 12.2 Å². The molecular formula is C12H14BrNO3. The standard InChI is InChI=1S/C12H14BrNO3/c1-16-14(11-3-2-8-17-11)12(15)9-4-6-10(13)7-5-9/h4-7,11H,2-3,8H2,1H3/t11-/m0/s1. The topological polar surface area (TPSA) is 38.8 Å². The molecule has 2 rings (SSSR count). The lowest BCUT2D eigenvalue weighted by atomic mass is 10.2. The van der Waals surface area contributed by atoms with E-state index >= 15 is 0 Å². The average molecular weight is 300 g/mol. The highest BCUT2D eigenvalue weighted by atomic mass is 79.9. The van der Waals surface area contributed by atoms with Crippen LogP contribution in [0.5, 0.6) is 0 Å². The fourth-order valence-electron chi connectivity index (χ4n) is 1.80. The van der Waals surface area contributed by atoms with Gasteiger partial charge in [0.05, 0.1) is 7.11 Å². The number of hydrogen-bond acceptors (Lipinski definition) is 3. The first kappa shape index (κ1) is 12.5. The van der Waals surface area contributed by atoms with Crippen molar-refractivity contribution in [1.82, 2.24) is 5.06 Å². The molecule has 1 aromatic carbocycles. The number of nitrogens with zero attached hydrogens (tertiary/aromatic N) is 1. The van der Waals surface area contributed by atoms with Gasteiger partial charge in [0.15, 0.2) is 6.23 Å². The number of carbonyl (C=O) groups is 1. The molecule has 1 heterocycles. The first-order valence-electron chi connectivity index (χ1n) is 5.47. The lowest BCUT2D eigenvalue weighted by molar-refractivity contribution is -0.186. The summed E-state index contributed by atoms with van der Waals surface area (Å²) in [7, 11) is 1.48. The maximum absolute atomic E-state index is 12.2. The van der Waals surface area contributed by atoms with Crippen molar-refractivity contribution in [1.29, 1.82) is 0 Å². The monoisotopic (exact) mass is 299 g/mol. The minimum absolute atomic E-state index is 0.174. The van der Waals surface area contributed by atoms with E-state index in [1.54, 1.807) is 12.1 Å². The van der Waals surface area contributed by atoms with Crippen molar-refractivity contribution in [2.24, 2.45) is 0 Å². The van der Waals surface area contributed by atoms with Gasteiger partial charge in [-0.1, -0.05) is 15.9 Å². The van der Waals surface area contributed by atoms with Gasteiger partial charge in [-0.15, -0.1) is 0 Å². The second-order valence-corrected chi connectivity index (χ2v) is 4.70. The molecule has 4 nitrogen and oxygen atoms in total. The van der Waals surface area contributed by atoms with Gasteiger partial charge >= 0.3 is 0 Å². The lowest BCUT2D eigenvalue weighted by Crippen LogP contribution is -2.39. The molecule has 0 spiro atoms. The molecule has 0 radical (unpaired) electrons. The van der Waals surface area contributed by atoms with E-state index in [0.717, 1.165) is 17.3 Å². The zero-order valence-corrected chi connectivity index (χ0v) is 11.1. The Balaban J connectivity index is 2.13. The van der Waals surface area contributed by atoms with Gasteiger partial charge < -0.3 is 4.74 Å². The van der Waals surface area contributed by atoms with Gasteiger partial charge in [-0.3, -0.25) is 9.63 Å². The Hall–Kier alpha value is -0.910. The number of amides is 1. The third kappa shape index (κ3) is 2.86. The van der Waals surface area contributed by atoms with Crippen LogP contribution in [0.25, 0.3) is 0 Å². The zero-order valence-electron chi connectivity index (χ0n) is 9.56. The molecule has 0 aliphatic carbocycles. The summed E-state index contributed by atoms with van der Waals surface area (Å²) in [4.78, 5) is 17.3. The van der Waals surface area contributed by atoms with Crippen LogP contribution in [0.4, 0.5) is 0 Å². The third-order valence-corrected chi connectivity index (χ3v) is 3.18. The highest BCUT2D eigenvalue weighted by Crippen LogP contribution is 2.20. The maximum atomic E-state index is 12.2. The molecule has 0 saturated carbocycles. The fourth-order valence-corrected chi connectivity index (χ4v) is 2.06. The van der Waals surface area contributed by atoms with E-state index in [9.17, 15) is 4.79 Å². The Morgan fingerprint density at radius 2 is 2.18 bits per heavy atom. The lowest BCUT2D eigenvalue weighted by Gasteiger charge is -2.25. The van der Waals surface area contributed by atoms with Gasteiger partial charge in [-0.05, 0) is 37.1 Å². The minimum atomic E-state index is -0.267. The van der Waals surface area contributed by atoms with E-state index < -0.39 is 0 Å². The largest absolute Gasteiger partial charge is 0.356 e. The van der Waals surface area contributed by atoms with E-state index in [2.05, 4.69) is 15.9 Å². The minimum Gasteiger partial charge on any atom is -0.356 e. The van der Waals surface area contributed by atoms with Crippen molar-refractivity contribution in [3.05, 3.63) is 34.3 Å². The van der Waals surface area contributed by atoms with E-state index in [4.69, 9.17) is 9.57 Å². The van der Waals surface area contributed by atoms with Crippen molar-refractivity contribution in [2.45, 2.75) is 19.1 Å². The average Bonchev–Trinajstić information content (AvgIpc) is 2.84. The van der Waals surface area contributed by atoms with Crippen LogP contribution in [0.2, 0.25) is 0 Å². The molecule has 1 saturated heterocycles. The van der Waals surface area contributed by atoms with Crippen LogP contribution < -0.4 is 0 Å². The van der Waals surface area contributed by atoms with E-state index in [1.165, 1.54) is 12.2 Å². The van der Waals surface area contributed by atoms with Gasteiger partial charge in [0, 0.05) is 16.6 Å². The molecule has 92 valence electrons. The second kappa shape index (κ2) is 5.62. The number of hydrogen-bond donors (Lipinski definition) is 0. The van der Waals surface area contributed by atoms with Gasteiger partial charge in [0.2, 0.25) is 0 Å². The summed E-state index contributed by atoms with van der Waals surface area (Å²) in [5, 5.41) is 1.30. The molecule has 1 aliphatic rings. The van der Waals surface area contributed by atoms with E-state index in [1.807, 2.05) is 12.1 Å². The van der Waals surface area contributed by atoms with Crippen LogP contribution in [0.1, 0.15) is 23.2 Å². The van der Waals surface area contributed by atoms with Crippen LogP contribution in [0, 0.1) is 0 Å². The van der Waals surface area contributed by atoms with Crippen LogP contribution >= 0.6 is 15.9 Å². The predicted octanol–water partition coefficient (Wildman–Crippen LogP) is 2.59.